The van der Waals surface area contributed by atoms with E-state index < -0.39 is 78.5 Å². The summed E-state index contributed by atoms with van der Waals surface area (Å²) in [6, 6.07) is 11.0. The highest BCUT2D eigenvalue weighted by atomic mass is 16.4. The van der Waals surface area contributed by atoms with E-state index in [1.54, 1.807) is 36.5 Å². The van der Waals surface area contributed by atoms with Gasteiger partial charge in [-0.05, 0) is 30.0 Å². The Bertz CT molecular complexity index is 1670. The predicted octanol–water partition coefficient (Wildman–Crippen LogP) is 0.223. The maximum absolute atomic E-state index is 14.0. The van der Waals surface area contributed by atoms with Gasteiger partial charge in [-0.15, -0.1) is 0 Å². The Morgan fingerprint density at radius 2 is 1.54 bits per heavy atom. The molecule has 0 bridgehead atoms. The Morgan fingerprint density at radius 3 is 2.23 bits per heavy atom. The van der Waals surface area contributed by atoms with Gasteiger partial charge in [0.15, 0.2) is 0 Å². The Balaban J connectivity index is 1.50. The topological polar surface area (TPSA) is 241 Å². The van der Waals surface area contributed by atoms with Crippen LogP contribution in [0, 0.1) is 0 Å². The number of primary amides is 1. The third-order valence-corrected chi connectivity index (χ3v) is 8.09. The van der Waals surface area contributed by atoms with E-state index in [4.69, 9.17) is 10.8 Å². The molecule has 2 heterocycles. The van der Waals surface area contributed by atoms with Crippen LogP contribution in [-0.2, 0) is 46.4 Å². The highest BCUT2D eigenvalue weighted by Crippen LogP contribution is 2.23. The average molecular weight is 663 g/mol. The molecule has 0 radical (unpaired) electrons. The molecule has 1 aromatic heterocycles. The van der Waals surface area contributed by atoms with Crippen LogP contribution in [0.2, 0.25) is 0 Å². The fraction of sp³-hybridized carbons (Fsp3) is 0.364. The summed E-state index contributed by atoms with van der Waals surface area (Å²) >= 11 is 0. The highest BCUT2D eigenvalue weighted by molar-refractivity contribution is 5.97. The van der Waals surface area contributed by atoms with Crippen molar-refractivity contribution < 1.29 is 43.8 Å². The maximum atomic E-state index is 14.0. The number of aromatic amines is 1. The molecule has 4 rings (SSSR count). The van der Waals surface area contributed by atoms with Gasteiger partial charge in [0.05, 0.1) is 12.8 Å². The van der Waals surface area contributed by atoms with Gasteiger partial charge in [-0.2, -0.15) is 0 Å². The molecule has 1 aliphatic rings. The Labute approximate surface area is 275 Å². The molecule has 0 aliphatic carbocycles. The van der Waals surface area contributed by atoms with E-state index in [-0.39, 0.29) is 32.2 Å². The fourth-order valence-electron chi connectivity index (χ4n) is 5.71. The molecule has 1 aliphatic heterocycles. The van der Waals surface area contributed by atoms with Crippen molar-refractivity contribution in [2.75, 3.05) is 6.54 Å². The number of nitrogens with two attached hydrogens (primary N) is 1. The minimum Gasteiger partial charge on any atom is -0.481 e. The first-order valence-corrected chi connectivity index (χ1v) is 15.4. The number of H-pyrrole nitrogens is 1. The summed E-state index contributed by atoms with van der Waals surface area (Å²) in [5.41, 5.74) is 7.71. The highest BCUT2D eigenvalue weighted by Gasteiger charge is 2.39. The Kier molecular flexibility index (Phi) is 11.9. The van der Waals surface area contributed by atoms with Crippen molar-refractivity contribution in [3.8, 4) is 0 Å². The second-order valence-corrected chi connectivity index (χ2v) is 11.6. The first-order valence-electron chi connectivity index (χ1n) is 15.4. The van der Waals surface area contributed by atoms with Crippen LogP contribution in [0.1, 0.15) is 43.2 Å². The van der Waals surface area contributed by atoms with E-state index in [1.165, 1.54) is 4.90 Å². The average Bonchev–Trinajstić information content (AvgIpc) is 3.70. The molecule has 4 atom stereocenters. The molecule has 1 fully saturated rings. The zero-order valence-electron chi connectivity index (χ0n) is 26.0. The van der Waals surface area contributed by atoms with Crippen LogP contribution in [0.5, 0.6) is 0 Å². The summed E-state index contributed by atoms with van der Waals surface area (Å²) < 4.78 is 0. The second-order valence-electron chi connectivity index (χ2n) is 11.6. The number of aromatic nitrogens is 1. The zero-order chi connectivity index (χ0) is 34.8. The van der Waals surface area contributed by atoms with Crippen LogP contribution in [-0.4, -0.2) is 92.3 Å². The smallest absolute Gasteiger partial charge is 0.305 e. The maximum Gasteiger partial charge on any atom is 0.305 e. The van der Waals surface area contributed by atoms with Gasteiger partial charge in [-0.25, -0.2) is 0 Å². The van der Waals surface area contributed by atoms with Crippen LogP contribution in [0.4, 0.5) is 0 Å². The number of carbonyl (C=O) groups excluding carboxylic acids is 5. The Hall–Kier alpha value is -5.73. The molecule has 48 heavy (non-hydrogen) atoms. The molecule has 0 unspecified atom stereocenters. The molecule has 15 heteroatoms. The van der Waals surface area contributed by atoms with Crippen molar-refractivity contribution >= 4 is 52.4 Å². The van der Waals surface area contributed by atoms with E-state index in [0.29, 0.717) is 17.5 Å². The van der Waals surface area contributed by atoms with E-state index in [1.807, 2.05) is 24.3 Å². The monoisotopic (exact) mass is 662 g/mol. The number of carbonyl (C=O) groups is 7. The van der Waals surface area contributed by atoms with Gasteiger partial charge < -0.3 is 41.8 Å². The minimum atomic E-state index is -1.59. The van der Waals surface area contributed by atoms with Crippen LogP contribution in [0.15, 0.2) is 60.8 Å². The Morgan fingerprint density at radius 1 is 0.833 bits per heavy atom. The van der Waals surface area contributed by atoms with Crippen molar-refractivity contribution in [2.45, 2.75) is 69.1 Å². The molecular weight excluding hydrogens is 624 g/mol. The number of nitrogens with one attached hydrogen (secondary N) is 4. The molecule has 5 amide bonds. The molecule has 3 aromatic rings. The number of nitrogens with zero attached hydrogens (tertiary/aromatic N) is 1. The van der Waals surface area contributed by atoms with Crippen LogP contribution < -0.4 is 21.7 Å². The molecule has 0 saturated carbocycles. The fourth-order valence-corrected chi connectivity index (χ4v) is 5.71. The normalized spacial score (nSPS) is 16.0. The zero-order valence-corrected chi connectivity index (χ0v) is 26.0. The number of benzene rings is 2. The largest absolute Gasteiger partial charge is 0.481 e. The van der Waals surface area contributed by atoms with Crippen molar-refractivity contribution in [1.29, 1.82) is 0 Å². The lowest BCUT2D eigenvalue weighted by Gasteiger charge is -2.30. The molecule has 15 nitrogen and oxygen atoms in total. The number of fused-ring (bicyclic) bond motifs is 1. The van der Waals surface area contributed by atoms with Crippen molar-refractivity contribution in [3.63, 3.8) is 0 Å². The van der Waals surface area contributed by atoms with Gasteiger partial charge in [0.25, 0.3) is 0 Å². The number of carboxylic acids is 2. The minimum absolute atomic E-state index is 0.0342. The quantitative estimate of drug-likeness (QED) is 0.111. The van der Waals surface area contributed by atoms with Crippen LogP contribution >= 0.6 is 0 Å². The predicted molar refractivity (Wildman–Crippen MR) is 171 cm³/mol. The van der Waals surface area contributed by atoms with Gasteiger partial charge in [0.2, 0.25) is 29.5 Å². The van der Waals surface area contributed by atoms with Crippen LogP contribution in [0.3, 0.4) is 0 Å². The number of likely N-dealkylation sites (tertiary alicyclic amines) is 1. The van der Waals surface area contributed by atoms with Crippen LogP contribution in [0.25, 0.3) is 10.9 Å². The first kappa shape index (κ1) is 35.1. The van der Waals surface area contributed by atoms with Gasteiger partial charge in [0, 0.05) is 42.9 Å². The summed E-state index contributed by atoms with van der Waals surface area (Å²) in [5, 5.41) is 26.8. The van der Waals surface area contributed by atoms with Gasteiger partial charge in [-0.3, -0.25) is 33.6 Å². The second kappa shape index (κ2) is 16.2. The summed E-state index contributed by atoms with van der Waals surface area (Å²) in [5.74, 6) is -6.41. The third-order valence-electron chi connectivity index (χ3n) is 8.09. The van der Waals surface area contributed by atoms with E-state index in [9.17, 15) is 38.7 Å². The molecular formula is C33H38N6O9. The van der Waals surface area contributed by atoms with Gasteiger partial charge in [-0.1, -0.05) is 48.5 Å². The summed E-state index contributed by atoms with van der Waals surface area (Å²) in [4.78, 5) is 92.6. The number of amides is 5. The molecule has 8 N–H and O–H groups in total. The lowest BCUT2D eigenvalue weighted by molar-refractivity contribution is -0.144. The molecule has 2 aromatic carbocycles. The first-order chi connectivity index (χ1) is 22.9. The molecule has 0 spiro atoms. The van der Waals surface area contributed by atoms with Crippen molar-refractivity contribution in [1.82, 2.24) is 25.8 Å². The third kappa shape index (κ3) is 9.40. The van der Waals surface area contributed by atoms with E-state index >= 15 is 0 Å². The van der Waals surface area contributed by atoms with Crippen molar-refractivity contribution in [3.05, 3.63) is 71.9 Å². The number of para-hydroxylation sites is 1. The van der Waals surface area contributed by atoms with E-state index in [0.717, 1.165) is 10.9 Å². The lowest BCUT2D eigenvalue weighted by atomic mass is 10.0. The van der Waals surface area contributed by atoms with Gasteiger partial charge in [0.1, 0.15) is 24.2 Å². The number of carboxylic acid groups (broad SMARTS) is 2. The van der Waals surface area contributed by atoms with Gasteiger partial charge >= 0.3 is 11.9 Å². The molecule has 1 saturated heterocycles. The summed E-state index contributed by atoms with van der Waals surface area (Å²) in [7, 11) is 0. The SMILES string of the molecule is NC(=O)[C@H](Cc1ccccc1)NC(=O)[C@H](CC(=O)O)NC(=O)[C@H]1CCCN1C(=O)[C@H](Cc1c[nH]c2ccccc12)NC(=O)CCC(=O)O. The number of rotatable bonds is 16. The van der Waals surface area contributed by atoms with E-state index in [2.05, 4.69) is 20.9 Å². The number of aliphatic carboxylic acids is 2. The number of hydrogen-bond donors (Lipinski definition) is 7. The molecule has 254 valence electrons. The summed E-state index contributed by atoms with van der Waals surface area (Å²) in [6.07, 6.45) is 0.773. The number of hydrogen-bond acceptors (Lipinski definition) is 7. The lowest BCUT2D eigenvalue weighted by Crippen LogP contribution is -2.58. The standard InChI is InChI=1S/C33H38N6O9/c34-30(45)23(15-19-7-2-1-3-8-19)37-31(46)24(17-29(43)44)38-32(47)26-11-6-14-39(26)33(48)25(36-27(40)12-13-28(41)42)16-20-18-35-22-10-5-4-9-21(20)22/h1-5,7-10,18,23-26,35H,6,11-17H2,(H2,34,45)(H,36,40)(H,37,46)(H,38,47)(H,41,42)(H,43,44)/t23-,24-,25-,26+/m0/s1. The van der Waals surface area contributed by atoms with Crippen molar-refractivity contribution in [2.24, 2.45) is 5.73 Å². The summed E-state index contributed by atoms with van der Waals surface area (Å²) in [6.45, 7) is 0.142.